The molecule has 2 aromatic carbocycles. The van der Waals surface area contributed by atoms with Crippen molar-refractivity contribution >= 4 is 23.6 Å². The number of phenols is 1. The van der Waals surface area contributed by atoms with E-state index >= 15 is 0 Å². The molecule has 3 N–H and O–H groups in total. The minimum atomic E-state index is -1.08. The van der Waals surface area contributed by atoms with Gasteiger partial charge in [-0.25, -0.2) is 4.79 Å². The van der Waals surface area contributed by atoms with E-state index in [2.05, 4.69) is 0 Å². The maximum absolute atomic E-state index is 11.6. The Morgan fingerprint density at radius 1 is 0.960 bits per heavy atom. The molecule has 0 bridgehead atoms. The molecule has 2 rings (SSSR count). The lowest BCUT2D eigenvalue weighted by molar-refractivity contribution is -0.103. The van der Waals surface area contributed by atoms with Gasteiger partial charge in [-0.1, -0.05) is 39.0 Å². The van der Waals surface area contributed by atoms with Crippen molar-refractivity contribution in [2.75, 3.05) is 0 Å². The number of phenolic OH excluding ortho intramolecular Hbond substituents is 1. The van der Waals surface area contributed by atoms with Gasteiger partial charge in [-0.3, -0.25) is 4.79 Å². The SMILES string of the molecule is CC(C)(C)c1ccc(O)c(C(C=O)=C(O)c2ccc(C(=O)O)cc2)c1. The number of carbonyl (C=O) groups excluding carboxylic acids is 1. The molecule has 2 aromatic rings. The minimum absolute atomic E-state index is 0.0633. The number of aromatic hydroxyl groups is 1. The molecule has 0 aromatic heterocycles. The zero-order valence-corrected chi connectivity index (χ0v) is 14.3. The highest BCUT2D eigenvalue weighted by Crippen LogP contribution is 2.33. The van der Waals surface area contributed by atoms with Crippen molar-refractivity contribution in [3.63, 3.8) is 0 Å². The molecule has 0 radical (unpaired) electrons. The van der Waals surface area contributed by atoms with Crippen LogP contribution in [0.1, 0.15) is 47.8 Å². The number of rotatable bonds is 4. The maximum Gasteiger partial charge on any atom is 0.335 e. The van der Waals surface area contributed by atoms with Gasteiger partial charge in [0.25, 0.3) is 0 Å². The van der Waals surface area contributed by atoms with E-state index < -0.39 is 5.97 Å². The summed E-state index contributed by atoms with van der Waals surface area (Å²) in [5.74, 6) is -1.53. The number of allylic oxidation sites excluding steroid dienone is 1. The van der Waals surface area contributed by atoms with E-state index in [9.17, 15) is 19.8 Å². The quantitative estimate of drug-likeness (QED) is 0.338. The van der Waals surface area contributed by atoms with Gasteiger partial charge >= 0.3 is 5.97 Å². The molecule has 0 amide bonds. The van der Waals surface area contributed by atoms with Gasteiger partial charge in [-0.15, -0.1) is 0 Å². The number of aliphatic hydroxyl groups excluding tert-OH is 1. The lowest BCUT2D eigenvalue weighted by Gasteiger charge is -2.20. The lowest BCUT2D eigenvalue weighted by Crippen LogP contribution is -2.11. The Labute approximate surface area is 145 Å². The summed E-state index contributed by atoms with van der Waals surface area (Å²) in [6, 6.07) is 10.4. The third kappa shape index (κ3) is 3.88. The van der Waals surface area contributed by atoms with Crippen LogP contribution in [0, 0.1) is 0 Å². The van der Waals surface area contributed by atoms with Crippen molar-refractivity contribution in [2.45, 2.75) is 26.2 Å². The van der Waals surface area contributed by atoms with E-state index in [4.69, 9.17) is 5.11 Å². The Bertz CT molecular complexity index is 839. The highest BCUT2D eigenvalue weighted by Gasteiger charge is 2.19. The second-order valence-electron chi connectivity index (χ2n) is 6.74. The van der Waals surface area contributed by atoms with E-state index in [-0.39, 0.29) is 39.2 Å². The molecular formula is C20H20O5. The van der Waals surface area contributed by atoms with E-state index in [1.807, 2.05) is 20.8 Å². The molecule has 0 spiro atoms. The van der Waals surface area contributed by atoms with Gasteiger partial charge in [0.2, 0.25) is 0 Å². The van der Waals surface area contributed by atoms with Crippen LogP contribution in [0.25, 0.3) is 11.3 Å². The Hall–Kier alpha value is -3.08. The molecule has 0 unspecified atom stereocenters. The number of aromatic carboxylic acids is 1. The molecule has 5 heteroatoms. The van der Waals surface area contributed by atoms with Crippen LogP contribution in [0.4, 0.5) is 0 Å². The summed E-state index contributed by atoms with van der Waals surface area (Å²) in [7, 11) is 0. The summed E-state index contributed by atoms with van der Waals surface area (Å²) in [5, 5.41) is 29.5. The summed E-state index contributed by atoms with van der Waals surface area (Å²) in [4.78, 5) is 22.5. The fraction of sp³-hybridized carbons (Fsp3) is 0.200. The van der Waals surface area contributed by atoms with E-state index in [1.165, 1.54) is 30.3 Å². The molecule has 0 saturated carbocycles. The summed E-state index contributed by atoms with van der Waals surface area (Å²) in [6.45, 7) is 5.99. The van der Waals surface area contributed by atoms with Gasteiger partial charge in [0.1, 0.15) is 11.5 Å². The first-order valence-electron chi connectivity index (χ1n) is 7.71. The fourth-order valence-electron chi connectivity index (χ4n) is 2.39. The zero-order valence-electron chi connectivity index (χ0n) is 14.3. The minimum Gasteiger partial charge on any atom is -0.507 e. The van der Waals surface area contributed by atoms with Crippen LogP contribution in [0.5, 0.6) is 5.75 Å². The van der Waals surface area contributed by atoms with E-state index in [0.29, 0.717) is 6.29 Å². The second-order valence-corrected chi connectivity index (χ2v) is 6.74. The monoisotopic (exact) mass is 340 g/mol. The Kier molecular flexibility index (Phi) is 4.97. The Morgan fingerprint density at radius 3 is 2.00 bits per heavy atom. The van der Waals surface area contributed by atoms with Gasteiger partial charge in [0.15, 0.2) is 6.29 Å². The average Bonchev–Trinajstić information content (AvgIpc) is 2.56. The normalized spacial score (nSPS) is 12.4. The van der Waals surface area contributed by atoms with Gasteiger partial charge < -0.3 is 15.3 Å². The standard InChI is InChI=1S/C20H20O5/c1-20(2,3)14-8-9-17(22)15(10-14)16(11-21)18(23)12-4-6-13(7-5-12)19(24)25/h4-11,22-23H,1-3H3,(H,24,25). The van der Waals surface area contributed by atoms with Crippen molar-refractivity contribution in [1.82, 2.24) is 0 Å². The molecule has 25 heavy (non-hydrogen) atoms. The summed E-state index contributed by atoms with van der Waals surface area (Å²) < 4.78 is 0. The summed E-state index contributed by atoms with van der Waals surface area (Å²) in [5.41, 5.74) is 1.21. The predicted octanol–water partition coefficient (Wildman–Crippen LogP) is 4.01. The largest absolute Gasteiger partial charge is 0.507 e. The number of aldehydes is 1. The van der Waals surface area contributed by atoms with Gasteiger partial charge in [-0.05, 0) is 35.2 Å². The van der Waals surface area contributed by atoms with Crippen LogP contribution in [0.15, 0.2) is 42.5 Å². The van der Waals surface area contributed by atoms with Crippen LogP contribution in [-0.4, -0.2) is 27.6 Å². The molecule has 130 valence electrons. The first-order valence-corrected chi connectivity index (χ1v) is 7.71. The number of aliphatic hydroxyl groups is 1. The highest BCUT2D eigenvalue weighted by molar-refractivity contribution is 6.16. The smallest absolute Gasteiger partial charge is 0.335 e. The van der Waals surface area contributed by atoms with Crippen LogP contribution >= 0.6 is 0 Å². The Balaban J connectivity index is 2.59. The number of carboxylic acids is 1. The summed E-state index contributed by atoms with van der Waals surface area (Å²) in [6.07, 6.45) is 0.474. The van der Waals surface area contributed by atoms with E-state index in [0.717, 1.165) is 5.56 Å². The molecule has 0 aliphatic rings. The van der Waals surface area contributed by atoms with Gasteiger partial charge in [0, 0.05) is 11.1 Å². The zero-order chi connectivity index (χ0) is 18.8. The van der Waals surface area contributed by atoms with Crippen molar-refractivity contribution in [3.8, 4) is 5.75 Å². The van der Waals surface area contributed by atoms with Crippen LogP contribution < -0.4 is 0 Å². The third-order valence-corrected chi connectivity index (χ3v) is 3.93. The highest BCUT2D eigenvalue weighted by atomic mass is 16.4. The van der Waals surface area contributed by atoms with Gasteiger partial charge in [0.05, 0.1) is 11.1 Å². The number of hydrogen-bond donors (Lipinski definition) is 3. The molecule has 0 aliphatic carbocycles. The molecular weight excluding hydrogens is 320 g/mol. The first-order chi connectivity index (χ1) is 11.6. The third-order valence-electron chi connectivity index (χ3n) is 3.93. The molecule has 0 fully saturated rings. The van der Waals surface area contributed by atoms with Crippen LogP contribution in [0.3, 0.4) is 0 Å². The second kappa shape index (κ2) is 6.81. The van der Waals surface area contributed by atoms with Crippen molar-refractivity contribution in [3.05, 3.63) is 64.7 Å². The average molecular weight is 340 g/mol. The van der Waals surface area contributed by atoms with E-state index in [1.54, 1.807) is 12.1 Å². The lowest BCUT2D eigenvalue weighted by atomic mass is 9.85. The Morgan fingerprint density at radius 2 is 1.52 bits per heavy atom. The van der Waals surface area contributed by atoms with Crippen LogP contribution in [-0.2, 0) is 10.2 Å². The number of hydrogen-bond acceptors (Lipinski definition) is 4. The molecule has 0 heterocycles. The van der Waals surface area contributed by atoms with Crippen molar-refractivity contribution in [2.24, 2.45) is 0 Å². The number of carbonyl (C=O) groups is 2. The molecule has 5 nitrogen and oxygen atoms in total. The van der Waals surface area contributed by atoms with Crippen molar-refractivity contribution in [1.29, 1.82) is 0 Å². The molecule has 0 aliphatic heterocycles. The first kappa shape index (κ1) is 18.3. The topological polar surface area (TPSA) is 94.8 Å². The molecule has 0 atom stereocenters. The van der Waals surface area contributed by atoms with Crippen molar-refractivity contribution < 1.29 is 24.9 Å². The number of carboxylic acid groups (broad SMARTS) is 1. The predicted molar refractivity (Wildman–Crippen MR) is 95.7 cm³/mol. The number of benzene rings is 2. The fourth-order valence-corrected chi connectivity index (χ4v) is 2.39. The van der Waals surface area contributed by atoms with Crippen LogP contribution in [0.2, 0.25) is 0 Å². The van der Waals surface area contributed by atoms with Gasteiger partial charge in [-0.2, -0.15) is 0 Å². The summed E-state index contributed by atoms with van der Waals surface area (Å²) >= 11 is 0. The molecule has 0 saturated heterocycles. The maximum atomic E-state index is 11.6.